The van der Waals surface area contributed by atoms with E-state index < -0.39 is 5.82 Å². The van der Waals surface area contributed by atoms with Crippen LogP contribution in [0, 0.1) is 5.82 Å². The number of carbonyl (C=O) groups excluding carboxylic acids is 1. The first-order valence-corrected chi connectivity index (χ1v) is 9.27. The van der Waals surface area contributed by atoms with Gasteiger partial charge in [0.2, 0.25) is 0 Å². The average molecular weight is 380 g/mol. The van der Waals surface area contributed by atoms with E-state index in [9.17, 15) is 14.0 Å². The zero-order valence-corrected chi connectivity index (χ0v) is 15.9. The van der Waals surface area contributed by atoms with Crippen molar-refractivity contribution in [3.8, 4) is 16.9 Å². The summed E-state index contributed by atoms with van der Waals surface area (Å²) >= 11 is 0. The lowest BCUT2D eigenvalue weighted by Gasteiger charge is -2.22. The van der Waals surface area contributed by atoms with Crippen LogP contribution in [0.25, 0.3) is 21.9 Å². The van der Waals surface area contributed by atoms with Gasteiger partial charge in [-0.05, 0) is 48.7 Å². The van der Waals surface area contributed by atoms with Crippen LogP contribution < -0.4 is 10.3 Å². The van der Waals surface area contributed by atoms with Gasteiger partial charge in [-0.25, -0.2) is 4.39 Å². The molecule has 0 N–H and O–H groups in total. The molecular weight excluding hydrogens is 359 g/mol. The van der Waals surface area contributed by atoms with Crippen molar-refractivity contribution in [2.75, 3.05) is 20.2 Å². The van der Waals surface area contributed by atoms with E-state index >= 15 is 0 Å². The number of pyridine rings is 1. The number of amides is 1. The highest BCUT2D eigenvalue weighted by Crippen LogP contribution is 2.34. The van der Waals surface area contributed by atoms with Gasteiger partial charge < -0.3 is 14.2 Å². The van der Waals surface area contributed by atoms with Crippen molar-refractivity contribution in [2.45, 2.75) is 12.8 Å². The highest BCUT2D eigenvalue weighted by atomic mass is 19.1. The van der Waals surface area contributed by atoms with Gasteiger partial charge in [0.1, 0.15) is 17.3 Å². The third-order valence-electron chi connectivity index (χ3n) is 5.31. The van der Waals surface area contributed by atoms with E-state index in [4.69, 9.17) is 4.74 Å². The summed E-state index contributed by atoms with van der Waals surface area (Å²) in [6.07, 6.45) is 1.88. The van der Waals surface area contributed by atoms with Crippen molar-refractivity contribution in [1.82, 2.24) is 9.47 Å². The second kappa shape index (κ2) is 7.11. The van der Waals surface area contributed by atoms with Gasteiger partial charge in [0, 0.05) is 36.5 Å². The van der Waals surface area contributed by atoms with Crippen LogP contribution in [0.15, 0.2) is 47.3 Å². The van der Waals surface area contributed by atoms with E-state index in [2.05, 4.69) is 0 Å². The summed E-state index contributed by atoms with van der Waals surface area (Å²) in [4.78, 5) is 28.1. The van der Waals surface area contributed by atoms with Crippen LogP contribution in [-0.4, -0.2) is 35.6 Å². The zero-order chi connectivity index (χ0) is 19.8. The van der Waals surface area contributed by atoms with E-state index in [1.54, 1.807) is 49.4 Å². The average Bonchev–Trinajstić information content (AvgIpc) is 3.24. The van der Waals surface area contributed by atoms with Crippen LogP contribution in [0.4, 0.5) is 4.39 Å². The molecule has 28 heavy (non-hydrogen) atoms. The molecular formula is C22H21FN2O3. The van der Waals surface area contributed by atoms with Crippen LogP contribution >= 0.6 is 0 Å². The molecule has 2 aromatic carbocycles. The molecule has 1 fully saturated rings. The number of rotatable bonds is 3. The molecule has 1 amide bonds. The van der Waals surface area contributed by atoms with E-state index in [0.29, 0.717) is 40.7 Å². The van der Waals surface area contributed by atoms with Gasteiger partial charge in [0.05, 0.1) is 7.11 Å². The molecule has 0 spiro atoms. The monoisotopic (exact) mass is 380 g/mol. The smallest absolute Gasteiger partial charge is 0.271 e. The Bertz CT molecular complexity index is 1130. The molecule has 4 rings (SSSR count). The molecule has 0 saturated carbocycles. The summed E-state index contributed by atoms with van der Waals surface area (Å²) in [5.41, 5.74) is 1.11. The highest BCUT2D eigenvalue weighted by Gasteiger charge is 2.27. The molecule has 1 aromatic heterocycles. The highest BCUT2D eigenvalue weighted by molar-refractivity contribution is 6.08. The van der Waals surface area contributed by atoms with Crippen molar-refractivity contribution < 1.29 is 13.9 Å². The fourth-order valence-electron chi connectivity index (χ4n) is 3.88. The number of methoxy groups -OCH3 is 1. The summed E-state index contributed by atoms with van der Waals surface area (Å²) in [6.45, 7) is 1.32. The maximum absolute atomic E-state index is 14.0. The summed E-state index contributed by atoms with van der Waals surface area (Å²) in [6, 6.07) is 11.2. The molecule has 0 unspecified atom stereocenters. The van der Waals surface area contributed by atoms with Gasteiger partial charge in [-0.15, -0.1) is 0 Å². The second-order valence-corrected chi connectivity index (χ2v) is 7.01. The van der Waals surface area contributed by atoms with E-state index in [-0.39, 0.29) is 17.2 Å². The van der Waals surface area contributed by atoms with E-state index in [1.807, 2.05) is 0 Å². The molecule has 3 aromatic rings. The zero-order valence-electron chi connectivity index (χ0n) is 15.9. The topological polar surface area (TPSA) is 51.5 Å². The standard InChI is InChI=1S/C22H21FN2O3/c1-24-20(22(27)25-10-3-4-11-25)19(14-6-5-7-15(23)12-14)18-13-16(28-2)8-9-17(18)21(24)26/h5-9,12-13H,3-4,10-11H2,1-2H3. The van der Waals surface area contributed by atoms with Crippen LogP contribution in [0.2, 0.25) is 0 Å². The molecule has 1 aliphatic rings. The molecule has 1 saturated heterocycles. The Hall–Kier alpha value is -3.15. The van der Waals surface area contributed by atoms with Gasteiger partial charge in [0.25, 0.3) is 11.5 Å². The molecule has 2 heterocycles. The lowest BCUT2D eigenvalue weighted by atomic mass is 9.96. The second-order valence-electron chi connectivity index (χ2n) is 7.01. The molecule has 0 radical (unpaired) electrons. The Morgan fingerprint density at radius 3 is 2.50 bits per heavy atom. The van der Waals surface area contributed by atoms with Crippen molar-refractivity contribution in [3.05, 3.63) is 64.3 Å². The molecule has 5 nitrogen and oxygen atoms in total. The van der Waals surface area contributed by atoms with Crippen LogP contribution in [0.1, 0.15) is 23.3 Å². The number of benzene rings is 2. The summed E-state index contributed by atoms with van der Waals surface area (Å²) in [7, 11) is 3.14. The number of carbonyl (C=O) groups is 1. The maximum Gasteiger partial charge on any atom is 0.271 e. The van der Waals surface area contributed by atoms with E-state index in [1.165, 1.54) is 16.7 Å². The van der Waals surface area contributed by atoms with Crippen molar-refractivity contribution in [2.24, 2.45) is 7.05 Å². The fraction of sp³-hybridized carbons (Fsp3) is 0.273. The van der Waals surface area contributed by atoms with Gasteiger partial charge in [-0.2, -0.15) is 0 Å². The third-order valence-corrected chi connectivity index (χ3v) is 5.31. The first-order valence-electron chi connectivity index (χ1n) is 9.27. The first-order chi connectivity index (χ1) is 13.5. The molecule has 1 aliphatic heterocycles. The van der Waals surface area contributed by atoms with Gasteiger partial charge in [-0.1, -0.05) is 12.1 Å². The predicted octanol–water partition coefficient (Wildman–Crippen LogP) is 3.59. The minimum absolute atomic E-state index is 0.207. The number of ether oxygens (including phenoxy) is 1. The summed E-state index contributed by atoms with van der Waals surface area (Å²) in [5.74, 6) is -0.0407. The Balaban J connectivity index is 2.11. The van der Waals surface area contributed by atoms with E-state index in [0.717, 1.165) is 12.8 Å². The van der Waals surface area contributed by atoms with Gasteiger partial charge in [-0.3, -0.25) is 9.59 Å². The molecule has 0 bridgehead atoms. The van der Waals surface area contributed by atoms with Crippen LogP contribution in [0.5, 0.6) is 5.75 Å². The number of hydrogen-bond donors (Lipinski definition) is 0. The quantitative estimate of drug-likeness (QED) is 0.698. The van der Waals surface area contributed by atoms with Gasteiger partial charge in [0.15, 0.2) is 0 Å². The Labute approximate surface area is 162 Å². The molecule has 0 atom stereocenters. The Morgan fingerprint density at radius 2 is 1.82 bits per heavy atom. The summed E-state index contributed by atoms with van der Waals surface area (Å²) < 4.78 is 20.7. The lowest BCUT2D eigenvalue weighted by molar-refractivity contribution is 0.0783. The number of hydrogen-bond acceptors (Lipinski definition) is 3. The third kappa shape index (κ3) is 2.95. The van der Waals surface area contributed by atoms with Gasteiger partial charge >= 0.3 is 0 Å². The fourth-order valence-corrected chi connectivity index (χ4v) is 3.88. The lowest BCUT2D eigenvalue weighted by Crippen LogP contribution is -2.34. The SMILES string of the molecule is COc1ccc2c(=O)n(C)c(C(=O)N3CCCC3)c(-c3cccc(F)c3)c2c1. The predicted molar refractivity (Wildman–Crippen MR) is 106 cm³/mol. The maximum atomic E-state index is 14.0. The number of aromatic nitrogens is 1. The summed E-state index contributed by atoms with van der Waals surface area (Å²) in [5, 5.41) is 1.04. The molecule has 144 valence electrons. The normalized spacial score (nSPS) is 13.9. The molecule has 6 heteroatoms. The minimum Gasteiger partial charge on any atom is -0.497 e. The number of nitrogens with zero attached hydrogens (tertiary/aromatic N) is 2. The number of likely N-dealkylation sites (tertiary alicyclic amines) is 1. The Kier molecular flexibility index (Phi) is 4.63. The van der Waals surface area contributed by atoms with Crippen molar-refractivity contribution >= 4 is 16.7 Å². The first kappa shape index (κ1) is 18.2. The largest absolute Gasteiger partial charge is 0.497 e. The Morgan fingerprint density at radius 1 is 1.07 bits per heavy atom. The van der Waals surface area contributed by atoms with Crippen LogP contribution in [-0.2, 0) is 7.05 Å². The number of halogens is 1. The van der Waals surface area contributed by atoms with Crippen molar-refractivity contribution in [3.63, 3.8) is 0 Å². The van der Waals surface area contributed by atoms with Crippen LogP contribution in [0.3, 0.4) is 0 Å². The number of fused-ring (bicyclic) bond motifs is 1. The van der Waals surface area contributed by atoms with Crippen molar-refractivity contribution in [1.29, 1.82) is 0 Å². The minimum atomic E-state index is -0.401. The molecule has 0 aliphatic carbocycles.